The van der Waals surface area contributed by atoms with Crippen molar-refractivity contribution >= 4 is 10.0 Å². The Hall–Kier alpha value is -2.44. The van der Waals surface area contributed by atoms with Crippen molar-refractivity contribution in [1.29, 1.82) is 0 Å². The highest BCUT2D eigenvalue weighted by molar-refractivity contribution is 7.89. The maximum Gasteiger partial charge on any atom is 0.247 e. The fourth-order valence-corrected chi connectivity index (χ4v) is 6.18. The minimum absolute atomic E-state index is 0.0656. The lowest BCUT2D eigenvalue weighted by Crippen LogP contribution is -2.49. The third-order valence-corrected chi connectivity index (χ3v) is 8.62. The molecule has 8 heteroatoms. The molecule has 1 fully saturated rings. The van der Waals surface area contributed by atoms with E-state index >= 15 is 0 Å². The molecule has 2 aromatic rings. The van der Waals surface area contributed by atoms with Gasteiger partial charge in [-0.1, -0.05) is 24.8 Å². The summed E-state index contributed by atoms with van der Waals surface area (Å²) in [7, 11) is -1.83. The van der Waals surface area contributed by atoms with Crippen LogP contribution in [0.1, 0.15) is 37.8 Å². The van der Waals surface area contributed by atoms with Gasteiger partial charge in [-0.25, -0.2) is 12.8 Å². The second-order valence-corrected chi connectivity index (χ2v) is 11.7. The molecule has 0 saturated heterocycles. The molecule has 188 valence electrons. The number of halogens is 1. The number of sulfonamides is 1. The van der Waals surface area contributed by atoms with Crippen molar-refractivity contribution < 1.29 is 22.7 Å². The van der Waals surface area contributed by atoms with Crippen LogP contribution < -0.4 is 4.74 Å². The standard InChI is InChI=1S/C27H33FN2O4S/c1-19-15-30(20(2)18-31)35(32,33)27-12-11-22(8-7-21-5-4-6-24(28)13-21)14-25(27)34-26(19)17-29(3)16-23-9-10-23/h4-6,11-14,19-20,23,26,31H,9-10,15-18H2,1-3H3/t19-,20+,26-/m0/s1. The molecule has 2 aliphatic rings. The molecule has 0 amide bonds. The van der Waals surface area contributed by atoms with E-state index in [1.165, 1.54) is 35.3 Å². The Morgan fingerprint density at radius 1 is 1.17 bits per heavy atom. The number of hydrogen-bond acceptors (Lipinski definition) is 5. The first-order valence-corrected chi connectivity index (χ1v) is 13.5. The van der Waals surface area contributed by atoms with E-state index in [0.29, 0.717) is 17.7 Å². The molecular weight excluding hydrogens is 467 g/mol. The molecule has 6 nitrogen and oxygen atoms in total. The highest BCUT2D eigenvalue weighted by Crippen LogP contribution is 2.35. The van der Waals surface area contributed by atoms with Crippen LogP contribution in [0.2, 0.25) is 0 Å². The average Bonchev–Trinajstić information content (AvgIpc) is 3.63. The van der Waals surface area contributed by atoms with Gasteiger partial charge in [-0.3, -0.25) is 0 Å². The maximum atomic E-state index is 13.6. The Bertz CT molecular complexity index is 1220. The molecule has 0 aromatic heterocycles. The number of fused-ring (bicyclic) bond motifs is 1. The molecule has 1 heterocycles. The fourth-order valence-electron chi connectivity index (χ4n) is 4.35. The lowest BCUT2D eigenvalue weighted by molar-refractivity contribution is 0.0740. The summed E-state index contributed by atoms with van der Waals surface area (Å²) >= 11 is 0. The minimum Gasteiger partial charge on any atom is -0.487 e. The van der Waals surface area contributed by atoms with Crippen LogP contribution in [-0.2, 0) is 10.0 Å². The minimum atomic E-state index is -3.90. The number of hydrogen-bond donors (Lipinski definition) is 1. The number of aliphatic hydroxyl groups excluding tert-OH is 1. The topological polar surface area (TPSA) is 70.1 Å². The summed E-state index contributed by atoms with van der Waals surface area (Å²) in [4.78, 5) is 2.32. The lowest BCUT2D eigenvalue weighted by Gasteiger charge is -2.37. The van der Waals surface area contributed by atoms with Crippen LogP contribution in [0.4, 0.5) is 4.39 Å². The molecule has 35 heavy (non-hydrogen) atoms. The van der Waals surface area contributed by atoms with Gasteiger partial charge in [0.1, 0.15) is 22.6 Å². The second kappa shape index (κ2) is 10.7. The number of rotatable bonds is 6. The van der Waals surface area contributed by atoms with Crippen LogP contribution in [0, 0.1) is 29.5 Å². The largest absolute Gasteiger partial charge is 0.487 e. The summed E-state index contributed by atoms with van der Waals surface area (Å²) in [6.07, 6.45) is 2.26. The molecule has 1 aliphatic heterocycles. The second-order valence-electron chi connectivity index (χ2n) is 9.83. The number of benzene rings is 2. The Kier molecular flexibility index (Phi) is 7.82. The summed E-state index contributed by atoms with van der Waals surface area (Å²) in [5, 5.41) is 9.78. The zero-order chi connectivity index (χ0) is 25.2. The predicted octanol–water partition coefficient (Wildman–Crippen LogP) is 3.34. The molecular formula is C27H33FN2O4S. The van der Waals surface area contributed by atoms with Crippen molar-refractivity contribution in [2.45, 2.75) is 43.7 Å². The fraction of sp³-hybridized carbons (Fsp3) is 0.481. The van der Waals surface area contributed by atoms with Gasteiger partial charge in [0.25, 0.3) is 0 Å². The van der Waals surface area contributed by atoms with E-state index in [0.717, 1.165) is 12.5 Å². The normalized spacial score (nSPS) is 22.8. The van der Waals surface area contributed by atoms with E-state index in [9.17, 15) is 17.9 Å². The Balaban J connectivity index is 1.71. The van der Waals surface area contributed by atoms with Crippen molar-refractivity contribution in [3.05, 3.63) is 59.4 Å². The molecule has 1 N–H and O–H groups in total. The highest BCUT2D eigenvalue weighted by Gasteiger charge is 2.38. The Morgan fingerprint density at radius 3 is 2.54 bits per heavy atom. The van der Waals surface area contributed by atoms with Gasteiger partial charge in [-0.15, -0.1) is 0 Å². The predicted molar refractivity (Wildman–Crippen MR) is 133 cm³/mol. The first-order chi connectivity index (χ1) is 16.7. The zero-order valence-corrected chi connectivity index (χ0v) is 21.3. The summed E-state index contributed by atoms with van der Waals surface area (Å²) in [5.41, 5.74) is 1.10. The van der Waals surface area contributed by atoms with Crippen molar-refractivity contribution in [2.24, 2.45) is 11.8 Å². The third-order valence-electron chi connectivity index (χ3n) is 6.60. The molecule has 3 atom stereocenters. The summed E-state index contributed by atoms with van der Waals surface area (Å²) in [6, 6.07) is 10.2. The van der Waals surface area contributed by atoms with Crippen molar-refractivity contribution in [3.63, 3.8) is 0 Å². The molecule has 0 bridgehead atoms. The molecule has 0 radical (unpaired) electrons. The van der Waals surface area contributed by atoms with Crippen LogP contribution in [0.3, 0.4) is 0 Å². The summed E-state index contributed by atoms with van der Waals surface area (Å²) in [6.45, 7) is 5.34. The molecule has 2 aromatic carbocycles. The van der Waals surface area contributed by atoms with Crippen LogP contribution >= 0.6 is 0 Å². The SMILES string of the molecule is C[C@H](CO)N1C[C@H](C)[C@H](CN(C)CC2CC2)Oc2cc(C#Cc3cccc(F)c3)ccc2S1(=O)=O. The average molecular weight is 501 g/mol. The van der Waals surface area contributed by atoms with Gasteiger partial charge >= 0.3 is 0 Å². The van der Waals surface area contributed by atoms with E-state index in [2.05, 4.69) is 23.8 Å². The monoisotopic (exact) mass is 500 g/mol. The van der Waals surface area contributed by atoms with Gasteiger partial charge < -0.3 is 14.7 Å². The van der Waals surface area contributed by atoms with Crippen LogP contribution in [0.15, 0.2) is 47.4 Å². The summed E-state index contributed by atoms with van der Waals surface area (Å²) < 4.78 is 48.4. The molecule has 0 unspecified atom stereocenters. The lowest BCUT2D eigenvalue weighted by atomic mass is 10.0. The first-order valence-electron chi connectivity index (χ1n) is 12.1. The van der Waals surface area contributed by atoms with Crippen LogP contribution in [0.25, 0.3) is 0 Å². The van der Waals surface area contributed by atoms with E-state index in [1.54, 1.807) is 31.2 Å². The summed E-state index contributed by atoms with van der Waals surface area (Å²) in [5.74, 6) is 6.43. The number of nitrogens with zero attached hydrogens (tertiary/aromatic N) is 2. The number of aliphatic hydroxyl groups is 1. The highest BCUT2D eigenvalue weighted by atomic mass is 32.2. The number of likely N-dealkylation sites (N-methyl/N-ethyl adjacent to an activating group) is 1. The maximum absolute atomic E-state index is 13.6. The van der Waals surface area contributed by atoms with Gasteiger partial charge in [0.2, 0.25) is 10.0 Å². The van der Waals surface area contributed by atoms with Crippen molar-refractivity contribution in [3.8, 4) is 17.6 Å². The van der Waals surface area contributed by atoms with Gasteiger partial charge in [0.05, 0.1) is 6.61 Å². The number of ether oxygens (including phenoxy) is 1. The molecule has 1 aliphatic carbocycles. The molecule has 4 rings (SSSR count). The van der Waals surface area contributed by atoms with Crippen molar-refractivity contribution in [2.75, 3.05) is 33.3 Å². The first kappa shape index (κ1) is 25.6. The van der Waals surface area contributed by atoms with E-state index < -0.39 is 16.1 Å². The Morgan fingerprint density at radius 2 is 1.89 bits per heavy atom. The van der Waals surface area contributed by atoms with E-state index in [4.69, 9.17) is 4.74 Å². The zero-order valence-electron chi connectivity index (χ0n) is 20.4. The van der Waals surface area contributed by atoms with E-state index in [1.807, 2.05) is 6.92 Å². The van der Waals surface area contributed by atoms with Crippen molar-refractivity contribution in [1.82, 2.24) is 9.21 Å². The third kappa shape index (κ3) is 6.22. The van der Waals surface area contributed by atoms with Crippen LogP contribution in [0.5, 0.6) is 5.75 Å². The van der Waals surface area contributed by atoms with Gasteiger partial charge in [0.15, 0.2) is 0 Å². The smallest absolute Gasteiger partial charge is 0.247 e. The molecule has 0 spiro atoms. The van der Waals surface area contributed by atoms with Gasteiger partial charge in [0, 0.05) is 42.7 Å². The molecule has 1 saturated carbocycles. The quantitative estimate of drug-likeness (QED) is 0.617. The van der Waals surface area contributed by atoms with Gasteiger partial charge in [-0.2, -0.15) is 4.31 Å². The van der Waals surface area contributed by atoms with E-state index in [-0.39, 0.29) is 41.6 Å². The Labute approximate surface area is 207 Å². The van der Waals surface area contributed by atoms with Gasteiger partial charge in [-0.05, 0) is 69.1 Å². The van der Waals surface area contributed by atoms with Crippen LogP contribution in [-0.4, -0.2) is 68.2 Å².